The van der Waals surface area contributed by atoms with Crippen molar-refractivity contribution in [1.29, 1.82) is 0 Å². The smallest absolute Gasteiger partial charge is 0.216 e. The lowest BCUT2D eigenvalue weighted by molar-refractivity contribution is -0.119. The average Bonchev–Trinajstić information content (AvgIpc) is 2.27. The van der Waals surface area contributed by atoms with E-state index < -0.39 is 0 Å². The van der Waals surface area contributed by atoms with Crippen LogP contribution in [0, 0.1) is 0 Å². The molecule has 0 unspecified atom stereocenters. The molecule has 0 rings (SSSR count). The Kier molecular flexibility index (Phi) is 8.26. The molecule has 0 aromatic heterocycles. The molecule has 0 aliphatic carbocycles. The highest BCUT2D eigenvalue weighted by Gasteiger charge is 2.21. The van der Waals surface area contributed by atoms with Crippen molar-refractivity contribution in [2.75, 3.05) is 19.8 Å². The van der Waals surface area contributed by atoms with Gasteiger partial charge in [0, 0.05) is 20.1 Å². The standard InChI is InChI=1S/C15H31NO3/c1-7-14(3,4)19-12-9-15(5,6)18-11-8-10-16-13(2)17/h7-12H2,1-6H3,(H,16,17). The van der Waals surface area contributed by atoms with Crippen molar-refractivity contribution in [3.8, 4) is 0 Å². The number of hydrogen-bond acceptors (Lipinski definition) is 3. The molecule has 0 aliphatic rings. The van der Waals surface area contributed by atoms with E-state index in [9.17, 15) is 4.79 Å². The van der Waals surface area contributed by atoms with Crippen LogP contribution in [0.4, 0.5) is 0 Å². The van der Waals surface area contributed by atoms with Crippen LogP contribution in [0.25, 0.3) is 0 Å². The zero-order chi connectivity index (χ0) is 14.9. The Bertz CT molecular complexity index is 262. The summed E-state index contributed by atoms with van der Waals surface area (Å²) in [4.78, 5) is 10.7. The summed E-state index contributed by atoms with van der Waals surface area (Å²) < 4.78 is 11.7. The summed E-state index contributed by atoms with van der Waals surface area (Å²) in [5.41, 5.74) is -0.235. The largest absolute Gasteiger partial charge is 0.375 e. The zero-order valence-corrected chi connectivity index (χ0v) is 13.5. The molecule has 4 nitrogen and oxygen atoms in total. The Balaban J connectivity index is 3.71. The molecule has 4 heteroatoms. The second kappa shape index (κ2) is 8.54. The highest BCUT2D eigenvalue weighted by Crippen LogP contribution is 2.19. The molecule has 0 aromatic rings. The van der Waals surface area contributed by atoms with E-state index >= 15 is 0 Å². The van der Waals surface area contributed by atoms with Crippen LogP contribution in [-0.2, 0) is 14.3 Å². The van der Waals surface area contributed by atoms with Gasteiger partial charge in [0.05, 0.1) is 17.8 Å². The molecule has 0 saturated heterocycles. The monoisotopic (exact) mass is 273 g/mol. The second-order valence-corrected chi connectivity index (χ2v) is 6.16. The van der Waals surface area contributed by atoms with E-state index in [1.807, 2.05) is 0 Å². The van der Waals surface area contributed by atoms with Gasteiger partial charge in [-0.15, -0.1) is 0 Å². The Labute approximate surface area is 118 Å². The predicted octanol–water partition coefficient (Wildman–Crippen LogP) is 2.90. The number of hydrogen-bond donors (Lipinski definition) is 1. The van der Waals surface area contributed by atoms with Crippen LogP contribution in [0.1, 0.15) is 60.8 Å². The van der Waals surface area contributed by atoms with Crippen LogP contribution in [0.2, 0.25) is 0 Å². The molecule has 1 N–H and O–H groups in total. The minimum atomic E-state index is -0.181. The van der Waals surface area contributed by atoms with Crippen molar-refractivity contribution < 1.29 is 14.3 Å². The summed E-state index contributed by atoms with van der Waals surface area (Å²) in [6.07, 6.45) is 2.71. The average molecular weight is 273 g/mol. The van der Waals surface area contributed by atoms with E-state index in [0.29, 0.717) is 19.8 Å². The van der Waals surface area contributed by atoms with Gasteiger partial charge >= 0.3 is 0 Å². The topological polar surface area (TPSA) is 47.6 Å². The number of amides is 1. The van der Waals surface area contributed by atoms with Crippen LogP contribution in [0.5, 0.6) is 0 Å². The Morgan fingerprint density at radius 3 is 2.16 bits per heavy atom. The SMILES string of the molecule is CCC(C)(C)OCCC(C)(C)OCCCNC(C)=O. The van der Waals surface area contributed by atoms with Crippen LogP contribution in [0.3, 0.4) is 0 Å². The van der Waals surface area contributed by atoms with Crippen LogP contribution in [0.15, 0.2) is 0 Å². The minimum absolute atomic E-state index is 0.00876. The molecule has 1 amide bonds. The first-order valence-electron chi connectivity index (χ1n) is 7.21. The van der Waals surface area contributed by atoms with Gasteiger partial charge in [0.2, 0.25) is 5.91 Å². The lowest BCUT2D eigenvalue weighted by Gasteiger charge is -2.29. The van der Waals surface area contributed by atoms with Gasteiger partial charge in [-0.25, -0.2) is 0 Å². The molecule has 0 aromatic carbocycles. The fraction of sp³-hybridized carbons (Fsp3) is 0.933. The van der Waals surface area contributed by atoms with Crippen molar-refractivity contribution in [3.63, 3.8) is 0 Å². The van der Waals surface area contributed by atoms with E-state index in [1.54, 1.807) is 0 Å². The van der Waals surface area contributed by atoms with Gasteiger partial charge in [0.25, 0.3) is 0 Å². The number of carbonyl (C=O) groups excluding carboxylic acids is 1. The molecule has 0 atom stereocenters. The van der Waals surface area contributed by atoms with Gasteiger partial charge < -0.3 is 14.8 Å². The van der Waals surface area contributed by atoms with Gasteiger partial charge in [0.1, 0.15) is 0 Å². The van der Waals surface area contributed by atoms with Crippen LogP contribution in [-0.4, -0.2) is 36.9 Å². The van der Waals surface area contributed by atoms with Crippen molar-refractivity contribution in [3.05, 3.63) is 0 Å². The maximum Gasteiger partial charge on any atom is 0.216 e. The Morgan fingerprint density at radius 2 is 1.63 bits per heavy atom. The minimum Gasteiger partial charge on any atom is -0.375 e. The summed E-state index contributed by atoms with van der Waals surface area (Å²) in [5, 5.41) is 2.76. The van der Waals surface area contributed by atoms with E-state index in [-0.39, 0.29) is 17.1 Å². The first kappa shape index (κ1) is 18.4. The van der Waals surface area contributed by atoms with Crippen molar-refractivity contribution >= 4 is 5.91 Å². The highest BCUT2D eigenvalue weighted by atomic mass is 16.5. The third-order valence-corrected chi connectivity index (χ3v) is 3.24. The van der Waals surface area contributed by atoms with Gasteiger partial charge in [-0.2, -0.15) is 0 Å². The third kappa shape index (κ3) is 11.0. The molecule has 114 valence electrons. The van der Waals surface area contributed by atoms with Crippen molar-refractivity contribution in [2.24, 2.45) is 0 Å². The first-order chi connectivity index (χ1) is 8.68. The van der Waals surface area contributed by atoms with Gasteiger partial charge in [-0.1, -0.05) is 6.92 Å². The summed E-state index contributed by atoms with van der Waals surface area (Å²) in [6.45, 7) is 14.1. The molecule has 0 aliphatic heterocycles. The molecule has 19 heavy (non-hydrogen) atoms. The summed E-state index contributed by atoms with van der Waals surface area (Å²) in [6, 6.07) is 0. The summed E-state index contributed by atoms with van der Waals surface area (Å²) in [5.74, 6) is 0.00876. The molecule has 0 fully saturated rings. The second-order valence-electron chi connectivity index (χ2n) is 6.16. The number of rotatable bonds is 10. The lowest BCUT2D eigenvalue weighted by atomic mass is 10.0. The van der Waals surface area contributed by atoms with Crippen LogP contribution < -0.4 is 5.32 Å². The van der Waals surface area contributed by atoms with E-state index in [2.05, 4.69) is 39.9 Å². The fourth-order valence-electron chi connectivity index (χ4n) is 1.43. The predicted molar refractivity (Wildman–Crippen MR) is 78.3 cm³/mol. The number of nitrogens with one attached hydrogen (secondary N) is 1. The quantitative estimate of drug-likeness (QED) is 0.623. The molecular formula is C15H31NO3. The van der Waals surface area contributed by atoms with Crippen molar-refractivity contribution in [2.45, 2.75) is 72.0 Å². The maximum atomic E-state index is 10.7. The van der Waals surface area contributed by atoms with Gasteiger partial charge in [-0.05, 0) is 47.0 Å². The normalized spacial score (nSPS) is 12.5. The Hall–Kier alpha value is -0.610. The number of carbonyl (C=O) groups is 1. The highest BCUT2D eigenvalue weighted by molar-refractivity contribution is 5.72. The molecule has 0 spiro atoms. The molecule has 0 radical (unpaired) electrons. The Morgan fingerprint density at radius 1 is 1.05 bits per heavy atom. The molecule has 0 bridgehead atoms. The summed E-state index contributed by atoms with van der Waals surface area (Å²) >= 11 is 0. The van der Waals surface area contributed by atoms with E-state index in [1.165, 1.54) is 6.92 Å². The first-order valence-corrected chi connectivity index (χ1v) is 7.21. The molecule has 0 heterocycles. The summed E-state index contributed by atoms with van der Waals surface area (Å²) in [7, 11) is 0. The number of ether oxygens (including phenoxy) is 2. The van der Waals surface area contributed by atoms with E-state index in [0.717, 1.165) is 19.3 Å². The molecule has 0 saturated carbocycles. The van der Waals surface area contributed by atoms with Gasteiger partial charge in [-0.3, -0.25) is 4.79 Å². The van der Waals surface area contributed by atoms with Crippen molar-refractivity contribution in [1.82, 2.24) is 5.32 Å². The zero-order valence-electron chi connectivity index (χ0n) is 13.5. The maximum absolute atomic E-state index is 10.7. The lowest BCUT2D eigenvalue weighted by Crippen LogP contribution is -2.31. The fourth-order valence-corrected chi connectivity index (χ4v) is 1.43. The molecular weight excluding hydrogens is 242 g/mol. The van der Waals surface area contributed by atoms with E-state index in [4.69, 9.17) is 9.47 Å². The third-order valence-electron chi connectivity index (χ3n) is 3.24. The van der Waals surface area contributed by atoms with Gasteiger partial charge in [0.15, 0.2) is 0 Å². The van der Waals surface area contributed by atoms with Crippen LogP contribution >= 0.6 is 0 Å².